The van der Waals surface area contributed by atoms with Crippen molar-refractivity contribution in [1.29, 1.82) is 0 Å². The van der Waals surface area contributed by atoms with Crippen LogP contribution in [-0.4, -0.2) is 71.8 Å². The van der Waals surface area contributed by atoms with Crippen molar-refractivity contribution >= 4 is 23.2 Å². The van der Waals surface area contributed by atoms with Gasteiger partial charge < -0.3 is 15.1 Å². The zero-order valence-corrected chi connectivity index (χ0v) is 20.1. The van der Waals surface area contributed by atoms with Gasteiger partial charge in [-0.2, -0.15) is 13.2 Å². The molecule has 0 aliphatic carbocycles. The van der Waals surface area contributed by atoms with Crippen LogP contribution >= 0.6 is 0 Å². The van der Waals surface area contributed by atoms with Gasteiger partial charge >= 0.3 is 6.18 Å². The van der Waals surface area contributed by atoms with Crippen LogP contribution in [0.2, 0.25) is 0 Å². The number of benzene rings is 3. The summed E-state index contributed by atoms with van der Waals surface area (Å²) >= 11 is 0. The summed E-state index contributed by atoms with van der Waals surface area (Å²) in [6, 6.07) is 21.2. The van der Waals surface area contributed by atoms with Gasteiger partial charge in [0.1, 0.15) is 0 Å². The van der Waals surface area contributed by atoms with Crippen LogP contribution in [0, 0.1) is 0 Å². The summed E-state index contributed by atoms with van der Waals surface area (Å²) in [5, 5.41) is 2.98. The number of nitrogens with one attached hydrogen (secondary N) is 1. The molecule has 37 heavy (non-hydrogen) atoms. The maximum Gasteiger partial charge on any atom is 0.416 e. The van der Waals surface area contributed by atoms with E-state index in [1.165, 1.54) is 6.07 Å². The highest BCUT2D eigenvalue weighted by Crippen LogP contribution is 2.32. The molecule has 3 aromatic rings. The third-order valence-corrected chi connectivity index (χ3v) is 6.91. The molecule has 2 amide bonds. The molecule has 3 aromatic carbocycles. The number of para-hydroxylation sites is 1. The molecule has 0 unspecified atom stereocenters. The van der Waals surface area contributed by atoms with Gasteiger partial charge in [-0.25, -0.2) is 0 Å². The van der Waals surface area contributed by atoms with Gasteiger partial charge in [-0.3, -0.25) is 14.5 Å². The van der Waals surface area contributed by atoms with Crippen molar-refractivity contribution < 1.29 is 22.8 Å². The highest BCUT2D eigenvalue weighted by Gasteiger charge is 2.37. The maximum atomic E-state index is 13.2. The Bertz CT molecular complexity index is 1270. The third-order valence-electron chi connectivity index (χ3n) is 6.91. The molecule has 192 valence electrons. The first-order chi connectivity index (χ1) is 17.8. The first-order valence-corrected chi connectivity index (χ1v) is 12.2. The van der Waals surface area contributed by atoms with E-state index in [-0.39, 0.29) is 23.5 Å². The van der Waals surface area contributed by atoms with E-state index in [0.717, 1.165) is 25.2 Å². The van der Waals surface area contributed by atoms with Crippen LogP contribution in [0.5, 0.6) is 0 Å². The molecule has 0 spiro atoms. The van der Waals surface area contributed by atoms with Crippen molar-refractivity contribution in [3.8, 4) is 0 Å². The van der Waals surface area contributed by atoms with E-state index in [9.17, 15) is 22.8 Å². The summed E-state index contributed by atoms with van der Waals surface area (Å²) in [6.07, 6.45) is -4.44. The number of likely N-dealkylation sites (tertiary alicyclic amines) is 1. The predicted molar refractivity (Wildman–Crippen MR) is 135 cm³/mol. The summed E-state index contributed by atoms with van der Waals surface area (Å²) in [6.45, 7) is 3.93. The van der Waals surface area contributed by atoms with E-state index < -0.39 is 11.7 Å². The Balaban J connectivity index is 1.17. The van der Waals surface area contributed by atoms with Gasteiger partial charge in [-0.05, 0) is 42.5 Å². The van der Waals surface area contributed by atoms with Crippen molar-refractivity contribution in [1.82, 2.24) is 14.7 Å². The van der Waals surface area contributed by atoms with Gasteiger partial charge in [0, 0.05) is 56.6 Å². The summed E-state index contributed by atoms with van der Waals surface area (Å²) in [5.74, 6) is -0.125. The van der Waals surface area contributed by atoms with Crippen molar-refractivity contribution in [2.24, 2.45) is 0 Å². The van der Waals surface area contributed by atoms with Crippen LogP contribution in [0.1, 0.15) is 26.3 Å². The highest BCUT2D eigenvalue weighted by molar-refractivity contribution is 6.00. The number of hydrogen-bond acceptors (Lipinski definition) is 4. The first-order valence-electron chi connectivity index (χ1n) is 12.2. The van der Waals surface area contributed by atoms with Crippen LogP contribution in [0.15, 0.2) is 78.9 Å². The molecule has 0 aromatic heterocycles. The Kier molecular flexibility index (Phi) is 6.88. The third kappa shape index (κ3) is 5.46. The average molecular weight is 509 g/mol. The summed E-state index contributed by atoms with van der Waals surface area (Å²) in [4.78, 5) is 31.8. The monoisotopic (exact) mass is 508 g/mol. The predicted octanol–water partition coefficient (Wildman–Crippen LogP) is 4.73. The smallest absolute Gasteiger partial charge is 0.355 e. The molecule has 2 fully saturated rings. The molecule has 2 aliphatic rings. The Labute approximate surface area is 213 Å². The zero-order chi connectivity index (χ0) is 26.0. The number of hydrogen-bond donors (Lipinski definition) is 1. The van der Waals surface area contributed by atoms with Gasteiger partial charge in [-0.15, -0.1) is 0 Å². The number of carbonyl (C=O) groups is 2. The number of halogens is 3. The standard InChI is InChI=1S/C28H27F3N4O2/c29-28(30,31)21-9-6-10-22(17-21)32-25-12-5-4-11-24(25)27(37)35-18-23(19-35)33-13-15-34(16-14-33)26(36)20-7-2-1-3-8-20/h1-12,17,23,32H,13-16,18-19H2. The zero-order valence-electron chi connectivity index (χ0n) is 20.1. The fourth-order valence-electron chi connectivity index (χ4n) is 4.78. The second-order valence-electron chi connectivity index (χ2n) is 9.31. The van der Waals surface area contributed by atoms with E-state index in [1.807, 2.05) is 35.2 Å². The van der Waals surface area contributed by atoms with E-state index >= 15 is 0 Å². The number of amides is 2. The Morgan fingerprint density at radius 3 is 2.14 bits per heavy atom. The quantitative estimate of drug-likeness (QED) is 0.542. The lowest BCUT2D eigenvalue weighted by Gasteiger charge is -2.48. The van der Waals surface area contributed by atoms with Crippen LogP contribution in [0.25, 0.3) is 0 Å². The van der Waals surface area contributed by atoms with Gasteiger partial charge in [0.05, 0.1) is 16.8 Å². The molecule has 0 bridgehead atoms. The van der Waals surface area contributed by atoms with Crippen molar-refractivity contribution in [2.75, 3.05) is 44.6 Å². The van der Waals surface area contributed by atoms with Crippen LogP contribution in [-0.2, 0) is 6.18 Å². The maximum absolute atomic E-state index is 13.2. The van der Waals surface area contributed by atoms with Gasteiger partial charge in [0.2, 0.25) is 0 Å². The van der Waals surface area contributed by atoms with Crippen molar-refractivity contribution in [3.63, 3.8) is 0 Å². The molecule has 2 saturated heterocycles. The number of alkyl halides is 3. The van der Waals surface area contributed by atoms with E-state index in [0.29, 0.717) is 43.0 Å². The molecule has 0 atom stereocenters. The topological polar surface area (TPSA) is 55.9 Å². The van der Waals surface area contributed by atoms with E-state index in [1.54, 1.807) is 35.2 Å². The minimum atomic E-state index is -4.44. The van der Waals surface area contributed by atoms with Crippen LogP contribution in [0.3, 0.4) is 0 Å². The SMILES string of the molecule is O=C(c1ccccc1)N1CCN(C2CN(C(=O)c3ccccc3Nc3cccc(C(F)(F)F)c3)C2)CC1. The lowest BCUT2D eigenvalue weighted by molar-refractivity contribution is -0.137. The molecule has 0 radical (unpaired) electrons. The lowest BCUT2D eigenvalue weighted by atomic mass is 10.0. The normalized spacial score (nSPS) is 16.8. The van der Waals surface area contributed by atoms with Gasteiger partial charge in [-0.1, -0.05) is 36.4 Å². The van der Waals surface area contributed by atoms with Crippen LogP contribution < -0.4 is 5.32 Å². The van der Waals surface area contributed by atoms with Crippen molar-refractivity contribution in [3.05, 3.63) is 95.6 Å². The lowest BCUT2D eigenvalue weighted by Crippen LogP contribution is -2.64. The van der Waals surface area contributed by atoms with E-state index in [4.69, 9.17) is 0 Å². The largest absolute Gasteiger partial charge is 0.416 e. The number of piperazine rings is 1. The van der Waals surface area contributed by atoms with Gasteiger partial charge in [0.25, 0.3) is 11.8 Å². The summed E-state index contributed by atoms with van der Waals surface area (Å²) in [7, 11) is 0. The molecule has 2 aliphatic heterocycles. The fourth-order valence-corrected chi connectivity index (χ4v) is 4.78. The fraction of sp³-hybridized carbons (Fsp3) is 0.286. The summed E-state index contributed by atoms with van der Waals surface area (Å²) < 4.78 is 39.3. The highest BCUT2D eigenvalue weighted by atomic mass is 19.4. The van der Waals surface area contributed by atoms with Crippen LogP contribution in [0.4, 0.5) is 24.5 Å². The number of nitrogens with zero attached hydrogens (tertiary/aromatic N) is 3. The minimum absolute atomic E-state index is 0.0375. The number of rotatable bonds is 5. The summed E-state index contributed by atoms with van der Waals surface area (Å²) in [5.41, 5.74) is 1.07. The van der Waals surface area contributed by atoms with Crippen molar-refractivity contribution in [2.45, 2.75) is 12.2 Å². The Hall–Kier alpha value is -3.85. The molecule has 1 N–H and O–H groups in total. The average Bonchev–Trinajstić information content (AvgIpc) is 2.88. The second kappa shape index (κ2) is 10.3. The molecule has 9 heteroatoms. The molecule has 2 heterocycles. The number of carbonyl (C=O) groups excluding carboxylic acids is 2. The Morgan fingerprint density at radius 2 is 1.43 bits per heavy atom. The minimum Gasteiger partial charge on any atom is -0.355 e. The molecular formula is C28H27F3N4O2. The molecule has 5 rings (SSSR count). The molecule has 6 nitrogen and oxygen atoms in total. The molecule has 0 saturated carbocycles. The Morgan fingerprint density at radius 1 is 0.757 bits per heavy atom. The van der Waals surface area contributed by atoms with E-state index in [2.05, 4.69) is 10.2 Å². The van der Waals surface area contributed by atoms with Gasteiger partial charge in [0.15, 0.2) is 0 Å². The number of anilines is 2. The second-order valence-corrected chi connectivity index (χ2v) is 9.31. The molecular weight excluding hydrogens is 481 g/mol. The first kappa shape index (κ1) is 24.8.